The fraction of sp³-hybridized carbons (Fsp3) is 0.583. The minimum absolute atomic E-state index is 0.222. The molecule has 1 aliphatic heterocycles. The summed E-state index contributed by atoms with van der Waals surface area (Å²) in [5.41, 5.74) is 0.932. The Morgan fingerprint density at radius 1 is 1.00 bits per heavy atom. The lowest BCUT2D eigenvalue weighted by Gasteiger charge is -2.21. The van der Waals surface area contributed by atoms with Crippen LogP contribution in [0.2, 0.25) is 0 Å². The summed E-state index contributed by atoms with van der Waals surface area (Å²) in [7, 11) is 0. The number of imide groups is 1. The number of nitrogens with one attached hydrogen (secondary N) is 1. The molecule has 1 atom stereocenters. The number of hydrogen-bond acceptors (Lipinski definition) is 4. The van der Waals surface area contributed by atoms with Crippen LogP contribution in [0.15, 0.2) is 29.2 Å². The highest BCUT2D eigenvalue weighted by Gasteiger charge is 2.29. The third kappa shape index (κ3) is 5.77. The lowest BCUT2D eigenvalue weighted by Crippen LogP contribution is -2.45. The molecule has 1 aromatic heterocycles. The van der Waals surface area contributed by atoms with Crippen molar-refractivity contribution in [3.63, 3.8) is 0 Å². The minimum atomic E-state index is -0.721. The van der Waals surface area contributed by atoms with E-state index in [1.807, 2.05) is 18.2 Å². The highest BCUT2D eigenvalue weighted by Crippen LogP contribution is 2.19. The summed E-state index contributed by atoms with van der Waals surface area (Å²) in [5.74, 6) is -0.756. The average molecular weight is 412 g/mol. The smallest absolute Gasteiger partial charge is 0.275 e. The van der Waals surface area contributed by atoms with Crippen molar-refractivity contribution in [3.05, 3.63) is 40.3 Å². The first kappa shape index (κ1) is 22.2. The Balaban J connectivity index is 1.54. The summed E-state index contributed by atoms with van der Waals surface area (Å²) in [6.45, 7) is 2.25. The van der Waals surface area contributed by atoms with Crippen LogP contribution in [0.25, 0.3) is 10.8 Å². The van der Waals surface area contributed by atoms with Gasteiger partial charge in [-0.3, -0.25) is 19.7 Å². The van der Waals surface area contributed by atoms with Gasteiger partial charge in [0.05, 0.1) is 11.6 Å². The largest absolute Gasteiger partial charge is 0.295 e. The highest BCUT2D eigenvalue weighted by atomic mass is 16.2. The topological polar surface area (TPSA) is 81.1 Å². The third-order valence-corrected chi connectivity index (χ3v) is 5.95. The summed E-state index contributed by atoms with van der Waals surface area (Å²) >= 11 is 0. The zero-order valence-electron chi connectivity index (χ0n) is 18.0. The van der Waals surface area contributed by atoms with E-state index in [0.717, 1.165) is 18.2 Å². The maximum Gasteiger partial charge on any atom is 0.275 e. The Kier molecular flexibility index (Phi) is 8.17. The van der Waals surface area contributed by atoms with Crippen LogP contribution >= 0.6 is 0 Å². The number of nitrogens with zero attached hydrogens (tertiary/aromatic N) is 2. The van der Waals surface area contributed by atoms with Gasteiger partial charge < -0.3 is 0 Å². The maximum atomic E-state index is 12.8. The van der Waals surface area contributed by atoms with E-state index in [1.54, 1.807) is 6.20 Å². The SMILES string of the molecule is CCCCCCCCCCCc1ccc2c(=O)n(C3CCC(=O)NC3=O)ncc2c1. The molecule has 1 N–H and O–H groups in total. The van der Waals surface area contributed by atoms with Crippen LogP contribution in [0.1, 0.15) is 89.2 Å². The van der Waals surface area contributed by atoms with Gasteiger partial charge in [-0.1, -0.05) is 64.4 Å². The van der Waals surface area contributed by atoms with E-state index in [2.05, 4.69) is 17.3 Å². The number of rotatable bonds is 11. The second-order valence-electron chi connectivity index (χ2n) is 8.36. The van der Waals surface area contributed by atoms with Crippen LogP contribution in [0.5, 0.6) is 0 Å². The number of piperidine rings is 1. The van der Waals surface area contributed by atoms with Crippen LogP contribution in [0.4, 0.5) is 0 Å². The predicted molar refractivity (Wildman–Crippen MR) is 118 cm³/mol. The fourth-order valence-electron chi connectivity index (χ4n) is 4.15. The normalized spacial score (nSPS) is 16.8. The predicted octanol–water partition coefficient (Wildman–Crippen LogP) is 4.45. The van der Waals surface area contributed by atoms with Gasteiger partial charge in [-0.05, 0) is 37.0 Å². The van der Waals surface area contributed by atoms with Crippen molar-refractivity contribution >= 4 is 22.6 Å². The standard InChI is InChI=1S/C24H33N3O3/c1-2-3-4-5-6-7-8-9-10-11-18-12-13-20-19(16-18)17-25-27(24(20)30)21-14-15-22(28)26-23(21)29/h12-13,16-17,21H,2-11,14-15H2,1H3,(H,26,28,29). The molecule has 30 heavy (non-hydrogen) atoms. The van der Waals surface area contributed by atoms with E-state index in [-0.39, 0.29) is 17.9 Å². The number of aromatic nitrogens is 2. The number of carbonyl (C=O) groups is 2. The monoisotopic (exact) mass is 411 g/mol. The molecule has 1 aliphatic rings. The second kappa shape index (κ2) is 11.0. The molecule has 2 heterocycles. The van der Waals surface area contributed by atoms with E-state index in [0.29, 0.717) is 11.8 Å². The van der Waals surface area contributed by atoms with Crippen molar-refractivity contribution in [2.45, 2.75) is 90.0 Å². The first-order valence-corrected chi connectivity index (χ1v) is 11.4. The van der Waals surface area contributed by atoms with Crippen molar-refractivity contribution in [2.24, 2.45) is 0 Å². The zero-order chi connectivity index (χ0) is 21.3. The number of hydrogen-bond donors (Lipinski definition) is 1. The summed E-state index contributed by atoms with van der Waals surface area (Å²) in [6.07, 6.45) is 14.9. The van der Waals surface area contributed by atoms with E-state index in [9.17, 15) is 14.4 Å². The number of benzene rings is 1. The van der Waals surface area contributed by atoms with Crippen molar-refractivity contribution in [1.29, 1.82) is 0 Å². The summed E-state index contributed by atoms with van der Waals surface area (Å²) in [4.78, 5) is 36.2. The van der Waals surface area contributed by atoms with Crippen molar-refractivity contribution in [2.75, 3.05) is 0 Å². The molecule has 1 saturated heterocycles. The van der Waals surface area contributed by atoms with Crippen LogP contribution in [-0.4, -0.2) is 21.6 Å². The van der Waals surface area contributed by atoms with Gasteiger partial charge in [-0.2, -0.15) is 5.10 Å². The van der Waals surface area contributed by atoms with E-state index < -0.39 is 11.9 Å². The highest BCUT2D eigenvalue weighted by molar-refractivity contribution is 5.99. The van der Waals surface area contributed by atoms with Crippen LogP contribution in [0.3, 0.4) is 0 Å². The second-order valence-corrected chi connectivity index (χ2v) is 8.36. The third-order valence-electron chi connectivity index (χ3n) is 5.95. The van der Waals surface area contributed by atoms with Crippen molar-refractivity contribution in [1.82, 2.24) is 15.1 Å². The number of unbranched alkanes of at least 4 members (excludes halogenated alkanes) is 8. The number of aryl methyl sites for hydroxylation is 1. The lowest BCUT2D eigenvalue weighted by molar-refractivity contribution is -0.136. The molecule has 1 fully saturated rings. The van der Waals surface area contributed by atoms with E-state index in [4.69, 9.17) is 0 Å². The molecule has 0 radical (unpaired) electrons. The Hall–Kier alpha value is -2.50. The van der Waals surface area contributed by atoms with Crippen molar-refractivity contribution < 1.29 is 9.59 Å². The minimum Gasteiger partial charge on any atom is -0.295 e. The number of carbonyl (C=O) groups excluding carboxylic acids is 2. The first-order chi connectivity index (χ1) is 14.6. The molecule has 1 unspecified atom stereocenters. The molecule has 3 rings (SSSR count). The molecule has 0 aliphatic carbocycles. The molecule has 6 nitrogen and oxygen atoms in total. The van der Waals surface area contributed by atoms with Gasteiger partial charge >= 0.3 is 0 Å². The van der Waals surface area contributed by atoms with Gasteiger partial charge in [-0.15, -0.1) is 0 Å². The Morgan fingerprint density at radius 3 is 2.40 bits per heavy atom. The van der Waals surface area contributed by atoms with Gasteiger partial charge in [0, 0.05) is 11.8 Å². The lowest BCUT2D eigenvalue weighted by atomic mass is 10.0. The van der Waals surface area contributed by atoms with Crippen molar-refractivity contribution in [3.8, 4) is 0 Å². The van der Waals surface area contributed by atoms with Crippen LogP contribution in [0, 0.1) is 0 Å². The number of amides is 2. The fourth-order valence-corrected chi connectivity index (χ4v) is 4.15. The Labute approximate surface area is 178 Å². The van der Waals surface area contributed by atoms with Gasteiger partial charge in [0.25, 0.3) is 11.5 Å². The van der Waals surface area contributed by atoms with Crippen LogP contribution in [-0.2, 0) is 16.0 Å². The van der Waals surface area contributed by atoms with Gasteiger partial charge in [0.2, 0.25) is 5.91 Å². The van der Waals surface area contributed by atoms with E-state index in [1.165, 1.54) is 61.6 Å². The molecule has 6 heteroatoms. The van der Waals surface area contributed by atoms with Gasteiger partial charge in [-0.25, -0.2) is 4.68 Å². The maximum absolute atomic E-state index is 12.8. The molecule has 2 amide bonds. The van der Waals surface area contributed by atoms with E-state index >= 15 is 0 Å². The molecule has 0 saturated carbocycles. The quantitative estimate of drug-likeness (QED) is 0.438. The summed E-state index contributed by atoms with van der Waals surface area (Å²) in [6, 6.07) is 5.15. The molecular weight excluding hydrogens is 378 g/mol. The number of fused-ring (bicyclic) bond motifs is 1. The average Bonchev–Trinajstić information content (AvgIpc) is 2.73. The summed E-state index contributed by atoms with van der Waals surface area (Å²) < 4.78 is 1.21. The molecule has 0 spiro atoms. The molecule has 162 valence electrons. The molecule has 1 aromatic carbocycles. The Morgan fingerprint density at radius 2 is 1.70 bits per heavy atom. The zero-order valence-corrected chi connectivity index (χ0v) is 18.0. The summed E-state index contributed by atoms with van der Waals surface area (Å²) in [5, 5.41) is 7.88. The molecule has 2 aromatic rings. The molecule has 0 bridgehead atoms. The van der Waals surface area contributed by atoms with Gasteiger partial charge in [0.15, 0.2) is 0 Å². The molecular formula is C24H33N3O3. The van der Waals surface area contributed by atoms with Gasteiger partial charge in [0.1, 0.15) is 6.04 Å². The first-order valence-electron chi connectivity index (χ1n) is 11.4. The van der Waals surface area contributed by atoms with Crippen LogP contribution < -0.4 is 10.9 Å². The Bertz CT molecular complexity index is 935.